The second-order valence-electron chi connectivity index (χ2n) is 6.19. The Morgan fingerprint density at radius 3 is 2.75 bits per heavy atom. The highest BCUT2D eigenvalue weighted by Crippen LogP contribution is 2.29. The summed E-state index contributed by atoms with van der Waals surface area (Å²) in [5.74, 6) is -0.0000445. The number of sulfonamides is 1. The molecule has 8 heteroatoms. The number of ether oxygens (including phenoxy) is 1. The van der Waals surface area contributed by atoms with E-state index in [0.717, 1.165) is 6.42 Å². The van der Waals surface area contributed by atoms with Gasteiger partial charge in [-0.25, -0.2) is 8.42 Å². The SMILES string of the molecule is CC1CN(C(=O)c2ccc(N3CCCCS3(=O)=O)cc2Cl)CCO1. The number of amides is 1. The molecular formula is C16H21ClN2O4S. The average molecular weight is 373 g/mol. The Morgan fingerprint density at radius 1 is 1.29 bits per heavy atom. The lowest BCUT2D eigenvalue weighted by atomic mass is 10.1. The van der Waals surface area contributed by atoms with Crippen molar-refractivity contribution in [3.8, 4) is 0 Å². The third-order valence-electron chi connectivity index (χ3n) is 4.35. The van der Waals surface area contributed by atoms with Crippen molar-refractivity contribution < 1.29 is 17.9 Å². The number of anilines is 1. The molecule has 1 atom stereocenters. The Hall–Kier alpha value is -1.31. The molecule has 0 saturated carbocycles. The number of halogens is 1. The molecule has 0 aliphatic carbocycles. The molecule has 1 unspecified atom stereocenters. The molecule has 0 bridgehead atoms. The van der Waals surface area contributed by atoms with Crippen molar-refractivity contribution in [2.45, 2.75) is 25.9 Å². The van der Waals surface area contributed by atoms with Gasteiger partial charge in [-0.05, 0) is 38.0 Å². The molecule has 6 nitrogen and oxygen atoms in total. The molecule has 132 valence electrons. The first kappa shape index (κ1) is 17.5. The van der Waals surface area contributed by atoms with Crippen LogP contribution in [0.25, 0.3) is 0 Å². The van der Waals surface area contributed by atoms with Crippen LogP contribution in [0.15, 0.2) is 18.2 Å². The van der Waals surface area contributed by atoms with Gasteiger partial charge in [0.25, 0.3) is 5.91 Å². The normalized spacial score (nSPS) is 24.0. The summed E-state index contributed by atoms with van der Waals surface area (Å²) >= 11 is 6.29. The number of hydrogen-bond acceptors (Lipinski definition) is 4. The van der Waals surface area contributed by atoms with Crippen molar-refractivity contribution in [2.24, 2.45) is 0 Å². The summed E-state index contributed by atoms with van der Waals surface area (Å²) < 4.78 is 31.2. The highest BCUT2D eigenvalue weighted by molar-refractivity contribution is 7.92. The number of benzene rings is 1. The Kier molecular flexibility index (Phi) is 5.03. The van der Waals surface area contributed by atoms with Gasteiger partial charge in [-0.1, -0.05) is 11.6 Å². The van der Waals surface area contributed by atoms with Crippen molar-refractivity contribution in [2.75, 3.05) is 36.3 Å². The first-order valence-electron chi connectivity index (χ1n) is 8.09. The van der Waals surface area contributed by atoms with Gasteiger partial charge in [0.2, 0.25) is 10.0 Å². The lowest BCUT2D eigenvalue weighted by molar-refractivity contribution is -0.0124. The molecule has 2 aliphatic rings. The first-order valence-corrected chi connectivity index (χ1v) is 10.1. The molecule has 2 saturated heterocycles. The summed E-state index contributed by atoms with van der Waals surface area (Å²) in [5.41, 5.74) is 0.913. The Labute approximate surface area is 147 Å². The molecule has 2 heterocycles. The summed E-state index contributed by atoms with van der Waals surface area (Å²) in [6.07, 6.45) is 1.50. The smallest absolute Gasteiger partial charge is 0.255 e. The van der Waals surface area contributed by atoms with Gasteiger partial charge >= 0.3 is 0 Å². The largest absolute Gasteiger partial charge is 0.375 e. The van der Waals surface area contributed by atoms with Gasteiger partial charge in [0, 0.05) is 19.6 Å². The molecule has 2 fully saturated rings. The summed E-state index contributed by atoms with van der Waals surface area (Å²) in [7, 11) is -3.29. The van der Waals surface area contributed by atoms with Crippen molar-refractivity contribution in [3.63, 3.8) is 0 Å². The summed E-state index contributed by atoms with van der Waals surface area (Å²) in [4.78, 5) is 14.4. The van der Waals surface area contributed by atoms with Crippen LogP contribution in [-0.2, 0) is 14.8 Å². The molecule has 1 aromatic carbocycles. The van der Waals surface area contributed by atoms with Crippen molar-refractivity contribution >= 4 is 33.2 Å². The molecule has 0 spiro atoms. The number of carbonyl (C=O) groups is 1. The Bertz CT molecular complexity index is 738. The van der Waals surface area contributed by atoms with Crippen LogP contribution in [0.2, 0.25) is 5.02 Å². The van der Waals surface area contributed by atoms with E-state index in [2.05, 4.69) is 0 Å². The fraction of sp³-hybridized carbons (Fsp3) is 0.562. The van der Waals surface area contributed by atoms with Crippen LogP contribution in [0.3, 0.4) is 0 Å². The lowest BCUT2D eigenvalue weighted by Crippen LogP contribution is -2.44. The molecule has 1 amide bonds. The maximum atomic E-state index is 12.6. The van der Waals surface area contributed by atoms with Gasteiger partial charge in [-0.2, -0.15) is 0 Å². The standard InChI is InChI=1S/C16H21ClN2O4S/c1-12-11-18(7-8-23-12)16(20)14-5-4-13(10-15(14)17)19-6-2-3-9-24(19,21)22/h4-5,10,12H,2-3,6-9,11H2,1H3. The first-order chi connectivity index (χ1) is 11.4. The topological polar surface area (TPSA) is 66.9 Å². The summed E-state index contributed by atoms with van der Waals surface area (Å²) in [6, 6.07) is 4.84. The molecule has 0 aromatic heterocycles. The van der Waals surface area contributed by atoms with E-state index in [0.29, 0.717) is 43.9 Å². The Morgan fingerprint density at radius 2 is 2.08 bits per heavy atom. The third-order valence-corrected chi connectivity index (χ3v) is 6.53. The van der Waals surface area contributed by atoms with E-state index >= 15 is 0 Å². The fourth-order valence-electron chi connectivity index (χ4n) is 3.08. The zero-order valence-corrected chi connectivity index (χ0v) is 15.1. The minimum atomic E-state index is -3.29. The third kappa shape index (κ3) is 3.53. The molecule has 24 heavy (non-hydrogen) atoms. The number of morpholine rings is 1. The van der Waals surface area contributed by atoms with Crippen molar-refractivity contribution in [3.05, 3.63) is 28.8 Å². The van der Waals surface area contributed by atoms with Crippen molar-refractivity contribution in [1.29, 1.82) is 0 Å². The van der Waals surface area contributed by atoms with Crippen LogP contribution in [-0.4, -0.2) is 57.3 Å². The van der Waals surface area contributed by atoms with Crippen LogP contribution in [0.4, 0.5) is 5.69 Å². The maximum Gasteiger partial charge on any atom is 0.255 e. The van der Waals surface area contributed by atoms with Crippen LogP contribution in [0.5, 0.6) is 0 Å². The van der Waals surface area contributed by atoms with E-state index in [9.17, 15) is 13.2 Å². The molecule has 0 N–H and O–H groups in total. The van der Waals surface area contributed by atoms with Crippen LogP contribution in [0, 0.1) is 0 Å². The van der Waals surface area contributed by atoms with E-state index in [-0.39, 0.29) is 22.8 Å². The van der Waals surface area contributed by atoms with Gasteiger partial charge in [-0.15, -0.1) is 0 Å². The molecular weight excluding hydrogens is 352 g/mol. The van der Waals surface area contributed by atoms with Crippen LogP contribution < -0.4 is 4.31 Å². The van der Waals surface area contributed by atoms with E-state index in [1.54, 1.807) is 23.1 Å². The van der Waals surface area contributed by atoms with E-state index in [1.165, 1.54) is 4.31 Å². The van der Waals surface area contributed by atoms with Gasteiger partial charge in [0.05, 0.1) is 34.7 Å². The van der Waals surface area contributed by atoms with Crippen molar-refractivity contribution in [1.82, 2.24) is 4.90 Å². The minimum absolute atomic E-state index is 0.000702. The Balaban J connectivity index is 1.83. The molecule has 0 radical (unpaired) electrons. The number of rotatable bonds is 2. The second-order valence-corrected chi connectivity index (χ2v) is 8.61. The predicted molar refractivity (Wildman–Crippen MR) is 93.1 cm³/mol. The van der Waals surface area contributed by atoms with Gasteiger partial charge in [0.15, 0.2) is 0 Å². The maximum absolute atomic E-state index is 12.6. The molecule has 2 aliphatic heterocycles. The quantitative estimate of drug-likeness (QED) is 0.797. The van der Waals surface area contributed by atoms with Gasteiger partial charge < -0.3 is 9.64 Å². The second kappa shape index (κ2) is 6.90. The lowest BCUT2D eigenvalue weighted by Gasteiger charge is -2.32. The summed E-state index contributed by atoms with van der Waals surface area (Å²) in [5, 5.41) is 0.275. The molecule has 1 aromatic rings. The zero-order chi connectivity index (χ0) is 17.3. The van der Waals surface area contributed by atoms with Gasteiger partial charge in [-0.3, -0.25) is 9.10 Å². The highest BCUT2D eigenvalue weighted by Gasteiger charge is 2.28. The van der Waals surface area contributed by atoms with E-state index in [1.807, 2.05) is 6.92 Å². The predicted octanol–water partition coefficient (Wildman–Crippen LogP) is 2.13. The fourth-order valence-corrected chi connectivity index (χ4v) is 4.97. The van der Waals surface area contributed by atoms with E-state index < -0.39 is 10.0 Å². The number of nitrogens with zero attached hydrogens (tertiary/aromatic N) is 2. The average Bonchev–Trinajstić information content (AvgIpc) is 2.54. The number of carbonyl (C=O) groups excluding carboxylic acids is 1. The highest BCUT2D eigenvalue weighted by atomic mass is 35.5. The van der Waals surface area contributed by atoms with Crippen LogP contribution >= 0.6 is 11.6 Å². The monoisotopic (exact) mass is 372 g/mol. The summed E-state index contributed by atoms with van der Waals surface area (Å²) in [6.45, 7) is 3.94. The van der Waals surface area contributed by atoms with E-state index in [4.69, 9.17) is 16.3 Å². The van der Waals surface area contributed by atoms with Gasteiger partial charge in [0.1, 0.15) is 0 Å². The van der Waals surface area contributed by atoms with Crippen LogP contribution in [0.1, 0.15) is 30.1 Å². The zero-order valence-electron chi connectivity index (χ0n) is 13.6. The molecule has 3 rings (SSSR count). The number of hydrogen-bond donors (Lipinski definition) is 0. The minimum Gasteiger partial charge on any atom is -0.375 e.